The number of aliphatic hydroxyl groups excluding tert-OH is 1. The summed E-state index contributed by atoms with van der Waals surface area (Å²) in [7, 11) is 1.30. The van der Waals surface area contributed by atoms with Crippen LogP contribution in [0.5, 0.6) is 0 Å². The highest BCUT2D eigenvalue weighted by Crippen LogP contribution is 2.22. The Morgan fingerprint density at radius 3 is 1.65 bits per heavy atom. The molecule has 0 aliphatic rings. The first-order valence-electron chi connectivity index (χ1n) is 12.3. The van der Waals surface area contributed by atoms with Crippen LogP contribution in [-0.2, 0) is 24.2 Å². The number of aromatic nitrogens is 2. The molecule has 0 atom stereocenters. The van der Waals surface area contributed by atoms with Crippen LogP contribution in [0.15, 0.2) is 82.0 Å². The Bertz CT molecular complexity index is 1500. The van der Waals surface area contributed by atoms with Crippen LogP contribution in [0.4, 0.5) is 0 Å². The summed E-state index contributed by atoms with van der Waals surface area (Å²) in [6.45, 7) is 3.88. The number of ketones is 2. The zero-order chi connectivity index (χ0) is 29.2. The van der Waals surface area contributed by atoms with Crippen LogP contribution >= 0.6 is 31.9 Å². The molecule has 0 unspecified atom stereocenters. The first kappa shape index (κ1) is 31.0. The number of Topliss-reactive ketones (excluding diaryl/α,β-unsaturated/α-hetero) is 2. The Kier molecular flexibility index (Phi) is 11.4. The molecule has 0 saturated heterocycles. The van der Waals surface area contributed by atoms with Gasteiger partial charge in [0.2, 0.25) is 0 Å². The number of aliphatic hydroxyl groups is 1. The second kappa shape index (κ2) is 14.7. The minimum absolute atomic E-state index is 0.0225. The Morgan fingerprint density at radius 2 is 1.25 bits per heavy atom. The lowest BCUT2D eigenvalue weighted by Gasteiger charge is -2.07. The third kappa shape index (κ3) is 8.24. The second-order valence-corrected chi connectivity index (χ2v) is 10.6. The highest BCUT2D eigenvalue weighted by molar-refractivity contribution is 9.10. The van der Waals surface area contributed by atoms with Gasteiger partial charge < -0.3 is 9.84 Å². The Hall–Kier alpha value is -3.53. The largest absolute Gasteiger partial charge is 0.465 e. The molecule has 7 nitrogen and oxygen atoms in total. The zero-order valence-corrected chi connectivity index (χ0v) is 25.5. The van der Waals surface area contributed by atoms with Crippen LogP contribution in [0.2, 0.25) is 0 Å². The Morgan fingerprint density at radius 1 is 0.750 bits per heavy atom. The molecular weight excluding hydrogens is 640 g/mol. The van der Waals surface area contributed by atoms with Gasteiger partial charge in [0.1, 0.15) is 11.4 Å². The average Bonchev–Trinajstić information content (AvgIpc) is 2.97. The van der Waals surface area contributed by atoms with Crippen molar-refractivity contribution in [1.82, 2.24) is 9.97 Å². The fourth-order valence-corrected chi connectivity index (χ4v) is 4.51. The number of ether oxygens (including phenoxy) is 1. The van der Waals surface area contributed by atoms with Crippen molar-refractivity contribution in [1.29, 1.82) is 0 Å². The molecule has 206 valence electrons. The molecule has 0 saturated carbocycles. The van der Waals surface area contributed by atoms with E-state index in [0.717, 1.165) is 31.2 Å². The van der Waals surface area contributed by atoms with Crippen LogP contribution in [-0.4, -0.2) is 39.7 Å². The van der Waals surface area contributed by atoms with Crippen molar-refractivity contribution >= 4 is 49.4 Å². The molecule has 4 aromatic rings. The molecule has 2 aromatic heterocycles. The van der Waals surface area contributed by atoms with E-state index in [1.54, 1.807) is 24.3 Å². The molecule has 0 aliphatic carbocycles. The number of hydrogen-bond donors (Lipinski definition) is 1. The smallest absolute Gasteiger partial charge is 0.339 e. The van der Waals surface area contributed by atoms with Crippen molar-refractivity contribution in [3.05, 3.63) is 127 Å². The van der Waals surface area contributed by atoms with Crippen LogP contribution < -0.4 is 0 Å². The number of benzene rings is 2. The summed E-state index contributed by atoms with van der Waals surface area (Å²) in [5.41, 5.74) is 5.85. The van der Waals surface area contributed by atoms with E-state index >= 15 is 0 Å². The summed E-state index contributed by atoms with van der Waals surface area (Å²) < 4.78 is 6.57. The van der Waals surface area contributed by atoms with E-state index in [0.29, 0.717) is 28.9 Å². The third-order valence-electron chi connectivity index (χ3n) is 6.23. The summed E-state index contributed by atoms with van der Waals surface area (Å²) in [5.74, 6) is -0.581. The van der Waals surface area contributed by atoms with Gasteiger partial charge in [-0.05, 0) is 72.0 Å². The fourth-order valence-electron chi connectivity index (χ4n) is 3.69. The standard InChI is InChI=1S/C16H14BrNO3.C15H14BrNO2/c1-10-11(4-3-5-13(10)17)8-15(19)14-7-6-12(9-18-14)16(20)21-2;1-10-12(3-2-4-13(10)16)7-15(19)14-6-5-11(9-18)8-17-14/h3-7,9H,8H2,1-2H3;2-6,8,18H,7,9H2,1H3. The van der Waals surface area contributed by atoms with E-state index in [1.165, 1.54) is 19.5 Å². The summed E-state index contributed by atoms with van der Waals surface area (Å²) in [5, 5.41) is 8.94. The van der Waals surface area contributed by atoms with Gasteiger partial charge in [0.25, 0.3) is 0 Å². The highest BCUT2D eigenvalue weighted by atomic mass is 79.9. The quantitative estimate of drug-likeness (QED) is 0.170. The predicted molar refractivity (Wildman–Crippen MR) is 160 cm³/mol. The molecule has 0 aliphatic heterocycles. The molecular formula is C31H28Br2N2O5. The summed E-state index contributed by atoms with van der Waals surface area (Å²) >= 11 is 6.90. The van der Waals surface area contributed by atoms with Gasteiger partial charge in [0.15, 0.2) is 11.6 Å². The van der Waals surface area contributed by atoms with Gasteiger partial charge in [0.05, 0.1) is 19.3 Å². The maximum atomic E-state index is 12.2. The molecule has 9 heteroatoms. The number of carbonyl (C=O) groups is 3. The summed E-state index contributed by atoms with van der Waals surface area (Å²) in [6, 6.07) is 18.0. The first-order valence-corrected chi connectivity index (χ1v) is 13.9. The van der Waals surface area contributed by atoms with Gasteiger partial charge >= 0.3 is 5.97 Å². The minimum Gasteiger partial charge on any atom is -0.465 e. The topological polar surface area (TPSA) is 106 Å². The van der Waals surface area contributed by atoms with Crippen LogP contribution in [0.1, 0.15) is 59.2 Å². The average molecular weight is 668 g/mol. The van der Waals surface area contributed by atoms with E-state index in [9.17, 15) is 14.4 Å². The van der Waals surface area contributed by atoms with Gasteiger partial charge in [-0.2, -0.15) is 0 Å². The van der Waals surface area contributed by atoms with Crippen LogP contribution in [0.25, 0.3) is 0 Å². The van der Waals surface area contributed by atoms with Gasteiger partial charge in [0, 0.05) is 34.2 Å². The molecule has 2 aromatic carbocycles. The molecule has 2 heterocycles. The van der Waals surface area contributed by atoms with Gasteiger partial charge in [-0.1, -0.05) is 62.2 Å². The minimum atomic E-state index is -0.468. The van der Waals surface area contributed by atoms with Gasteiger partial charge in [-0.3, -0.25) is 19.6 Å². The monoisotopic (exact) mass is 666 g/mol. The number of pyridine rings is 2. The Balaban J connectivity index is 0.000000222. The number of carbonyl (C=O) groups excluding carboxylic acids is 3. The zero-order valence-electron chi connectivity index (χ0n) is 22.3. The van der Waals surface area contributed by atoms with Crippen LogP contribution in [0, 0.1) is 13.8 Å². The van der Waals surface area contributed by atoms with Crippen molar-refractivity contribution in [2.75, 3.05) is 7.11 Å². The lowest BCUT2D eigenvalue weighted by molar-refractivity contribution is 0.0599. The maximum absolute atomic E-state index is 12.2. The Labute approximate surface area is 249 Å². The molecule has 4 rings (SSSR count). The van der Waals surface area contributed by atoms with E-state index in [-0.39, 0.29) is 24.6 Å². The van der Waals surface area contributed by atoms with E-state index < -0.39 is 5.97 Å². The van der Waals surface area contributed by atoms with E-state index in [4.69, 9.17) is 5.11 Å². The maximum Gasteiger partial charge on any atom is 0.339 e. The molecule has 40 heavy (non-hydrogen) atoms. The molecule has 0 bridgehead atoms. The summed E-state index contributed by atoms with van der Waals surface area (Å²) in [4.78, 5) is 43.8. The van der Waals surface area contributed by atoms with E-state index in [2.05, 4.69) is 46.6 Å². The van der Waals surface area contributed by atoms with Crippen molar-refractivity contribution < 1.29 is 24.2 Å². The number of halogens is 2. The SMILES string of the molecule is COC(=O)c1ccc(C(=O)Cc2cccc(Br)c2C)nc1.Cc1c(Br)cccc1CC(=O)c1ccc(CO)cn1. The number of esters is 1. The predicted octanol–water partition coefficient (Wildman–Crippen LogP) is 6.43. The molecule has 1 N–H and O–H groups in total. The molecule has 0 spiro atoms. The molecule has 0 amide bonds. The summed E-state index contributed by atoms with van der Waals surface area (Å²) in [6.07, 6.45) is 3.49. The first-order chi connectivity index (χ1) is 19.1. The third-order valence-corrected chi connectivity index (χ3v) is 7.94. The molecule has 0 fully saturated rings. The number of rotatable bonds is 8. The van der Waals surface area contributed by atoms with Crippen molar-refractivity contribution in [3.63, 3.8) is 0 Å². The van der Waals surface area contributed by atoms with Gasteiger partial charge in [-0.15, -0.1) is 0 Å². The lowest BCUT2D eigenvalue weighted by Crippen LogP contribution is -2.09. The second-order valence-electron chi connectivity index (χ2n) is 8.88. The van der Waals surface area contributed by atoms with Crippen molar-refractivity contribution in [2.45, 2.75) is 33.3 Å². The van der Waals surface area contributed by atoms with E-state index in [1.807, 2.05) is 50.2 Å². The number of methoxy groups -OCH3 is 1. The molecule has 0 radical (unpaired) electrons. The van der Waals surface area contributed by atoms with Crippen LogP contribution in [0.3, 0.4) is 0 Å². The fraction of sp³-hybridized carbons (Fsp3) is 0.194. The van der Waals surface area contributed by atoms with Gasteiger partial charge in [-0.25, -0.2) is 4.79 Å². The van der Waals surface area contributed by atoms with Crippen molar-refractivity contribution in [3.8, 4) is 0 Å². The lowest BCUT2D eigenvalue weighted by atomic mass is 10.0. The number of hydrogen-bond acceptors (Lipinski definition) is 7. The van der Waals surface area contributed by atoms with Crippen molar-refractivity contribution in [2.24, 2.45) is 0 Å². The highest BCUT2D eigenvalue weighted by Gasteiger charge is 2.13. The number of nitrogens with zero attached hydrogens (tertiary/aromatic N) is 2. The normalized spacial score (nSPS) is 10.3.